The zero-order valence-corrected chi connectivity index (χ0v) is 13.1. The molecular weight excluding hydrogens is 270 g/mol. The molecule has 1 heterocycles. The van der Waals surface area contributed by atoms with E-state index < -0.39 is 0 Å². The van der Waals surface area contributed by atoms with Crippen molar-refractivity contribution in [2.45, 2.75) is 33.4 Å². The Labute approximate surface area is 126 Å². The molecule has 1 atom stereocenters. The van der Waals surface area contributed by atoms with Crippen molar-refractivity contribution in [2.75, 3.05) is 6.54 Å². The molecule has 0 radical (unpaired) electrons. The molecule has 0 aliphatic heterocycles. The average molecular weight is 292 g/mol. The number of rotatable bonds is 6. The van der Waals surface area contributed by atoms with E-state index in [9.17, 15) is 0 Å². The lowest BCUT2D eigenvalue weighted by Crippen LogP contribution is -2.21. The van der Waals surface area contributed by atoms with Gasteiger partial charge >= 0.3 is 0 Å². The summed E-state index contributed by atoms with van der Waals surface area (Å²) in [4.78, 5) is 4.28. The summed E-state index contributed by atoms with van der Waals surface area (Å²) in [5, 5.41) is 4.26. The van der Waals surface area contributed by atoms with Gasteiger partial charge < -0.3 is 9.88 Å². The predicted molar refractivity (Wildman–Crippen MR) is 84.0 cm³/mol. The first-order valence-electron chi connectivity index (χ1n) is 7.05. The molecule has 0 aliphatic carbocycles. The molecule has 4 heteroatoms. The smallest absolute Gasteiger partial charge is 0.0954 e. The quantitative estimate of drug-likeness (QED) is 0.875. The number of nitrogens with zero attached hydrogens (tertiary/aromatic N) is 2. The highest BCUT2D eigenvalue weighted by Crippen LogP contribution is 2.26. The topological polar surface area (TPSA) is 29.9 Å². The number of nitrogens with one attached hydrogen (secondary N) is 1. The van der Waals surface area contributed by atoms with E-state index in [2.05, 4.69) is 41.7 Å². The normalized spacial score (nSPS) is 12.8. The van der Waals surface area contributed by atoms with Gasteiger partial charge in [-0.2, -0.15) is 0 Å². The summed E-state index contributed by atoms with van der Waals surface area (Å²) in [6, 6.07) is 8.16. The van der Waals surface area contributed by atoms with Crippen molar-refractivity contribution in [1.82, 2.24) is 14.9 Å². The van der Waals surface area contributed by atoms with Crippen LogP contribution in [-0.4, -0.2) is 16.1 Å². The largest absolute Gasteiger partial charge is 0.326 e. The molecule has 0 aliphatic rings. The van der Waals surface area contributed by atoms with Crippen LogP contribution in [0, 0.1) is 5.92 Å². The molecule has 0 saturated heterocycles. The van der Waals surface area contributed by atoms with E-state index in [1.807, 2.05) is 30.7 Å². The molecule has 1 N–H and O–H groups in total. The second kappa shape index (κ2) is 6.91. The Morgan fingerprint density at radius 3 is 2.70 bits per heavy atom. The Morgan fingerprint density at radius 2 is 2.00 bits per heavy atom. The van der Waals surface area contributed by atoms with Crippen molar-refractivity contribution >= 4 is 11.6 Å². The molecule has 3 nitrogen and oxygen atoms in total. The maximum atomic E-state index is 6.28. The molecule has 0 spiro atoms. The van der Waals surface area contributed by atoms with Gasteiger partial charge in [-0.25, -0.2) is 4.98 Å². The minimum atomic E-state index is 0.182. The van der Waals surface area contributed by atoms with Crippen LogP contribution in [0.15, 0.2) is 36.8 Å². The lowest BCUT2D eigenvalue weighted by Gasteiger charge is -2.18. The van der Waals surface area contributed by atoms with E-state index in [0.29, 0.717) is 5.92 Å². The molecule has 2 rings (SSSR count). The van der Waals surface area contributed by atoms with Gasteiger partial charge in [0.05, 0.1) is 18.1 Å². The second-order valence-electron chi connectivity index (χ2n) is 5.51. The van der Waals surface area contributed by atoms with Crippen LogP contribution >= 0.6 is 11.6 Å². The van der Waals surface area contributed by atoms with Crippen LogP contribution in [0.2, 0.25) is 5.02 Å². The standard InChI is InChI=1S/C16H22ClN3/c1-12(2)8-18-9-14-10-19-11-20(14)13(3)15-6-4-5-7-16(15)17/h4-7,10-13,18H,8-9H2,1-3H3. The molecular formula is C16H22ClN3. The van der Waals surface area contributed by atoms with Gasteiger partial charge in [-0.05, 0) is 31.0 Å². The molecule has 1 aromatic carbocycles. The second-order valence-corrected chi connectivity index (χ2v) is 5.92. The van der Waals surface area contributed by atoms with Gasteiger partial charge in [0, 0.05) is 17.8 Å². The Balaban J connectivity index is 2.13. The third-order valence-corrected chi connectivity index (χ3v) is 3.72. The Kier molecular flexibility index (Phi) is 5.21. The lowest BCUT2D eigenvalue weighted by atomic mass is 10.1. The Morgan fingerprint density at radius 1 is 1.25 bits per heavy atom. The molecule has 0 amide bonds. The third kappa shape index (κ3) is 3.62. The first kappa shape index (κ1) is 15.1. The number of halogens is 1. The fourth-order valence-electron chi connectivity index (χ4n) is 2.27. The average Bonchev–Trinajstić information content (AvgIpc) is 2.86. The Hall–Kier alpha value is -1.32. The first-order valence-corrected chi connectivity index (χ1v) is 7.43. The van der Waals surface area contributed by atoms with Crippen molar-refractivity contribution in [3.63, 3.8) is 0 Å². The number of aromatic nitrogens is 2. The SMILES string of the molecule is CC(C)CNCc1cncn1C(C)c1ccccc1Cl. The fourth-order valence-corrected chi connectivity index (χ4v) is 2.56. The zero-order chi connectivity index (χ0) is 14.5. The summed E-state index contributed by atoms with van der Waals surface area (Å²) in [6.45, 7) is 8.39. The minimum absolute atomic E-state index is 0.182. The highest BCUT2D eigenvalue weighted by Gasteiger charge is 2.13. The Bertz CT molecular complexity index is 548. The lowest BCUT2D eigenvalue weighted by molar-refractivity contribution is 0.525. The van der Waals surface area contributed by atoms with E-state index in [-0.39, 0.29) is 6.04 Å². The third-order valence-electron chi connectivity index (χ3n) is 3.38. The van der Waals surface area contributed by atoms with Crippen LogP contribution in [0.3, 0.4) is 0 Å². The van der Waals surface area contributed by atoms with Gasteiger partial charge in [0.1, 0.15) is 0 Å². The molecule has 0 bridgehead atoms. The van der Waals surface area contributed by atoms with Crippen molar-refractivity contribution in [2.24, 2.45) is 5.92 Å². The van der Waals surface area contributed by atoms with Gasteiger partial charge in [-0.1, -0.05) is 43.6 Å². The molecule has 0 saturated carbocycles. The number of benzene rings is 1. The van der Waals surface area contributed by atoms with Crippen LogP contribution in [0.4, 0.5) is 0 Å². The van der Waals surface area contributed by atoms with Crippen molar-refractivity contribution < 1.29 is 0 Å². The van der Waals surface area contributed by atoms with E-state index in [0.717, 1.165) is 23.7 Å². The summed E-state index contributed by atoms with van der Waals surface area (Å²) >= 11 is 6.28. The van der Waals surface area contributed by atoms with Crippen molar-refractivity contribution in [3.05, 3.63) is 53.1 Å². The molecule has 1 unspecified atom stereocenters. The minimum Gasteiger partial charge on any atom is -0.326 e. The van der Waals surface area contributed by atoms with Crippen LogP contribution < -0.4 is 5.32 Å². The molecule has 1 aromatic heterocycles. The number of hydrogen-bond donors (Lipinski definition) is 1. The van der Waals surface area contributed by atoms with Gasteiger partial charge in [-0.15, -0.1) is 0 Å². The maximum absolute atomic E-state index is 6.28. The van der Waals surface area contributed by atoms with Crippen molar-refractivity contribution in [1.29, 1.82) is 0 Å². The van der Waals surface area contributed by atoms with Crippen LogP contribution in [-0.2, 0) is 6.54 Å². The summed E-state index contributed by atoms with van der Waals surface area (Å²) in [5.41, 5.74) is 2.30. The first-order chi connectivity index (χ1) is 9.59. The maximum Gasteiger partial charge on any atom is 0.0954 e. The predicted octanol–water partition coefficient (Wildman–Crippen LogP) is 3.89. The number of hydrogen-bond acceptors (Lipinski definition) is 2. The molecule has 108 valence electrons. The van der Waals surface area contributed by atoms with Crippen molar-refractivity contribution in [3.8, 4) is 0 Å². The van der Waals surface area contributed by atoms with Gasteiger partial charge in [0.15, 0.2) is 0 Å². The van der Waals surface area contributed by atoms with Gasteiger partial charge in [0.25, 0.3) is 0 Å². The highest BCUT2D eigenvalue weighted by atomic mass is 35.5. The van der Waals surface area contributed by atoms with Gasteiger partial charge in [0.2, 0.25) is 0 Å². The molecule has 0 fully saturated rings. The highest BCUT2D eigenvalue weighted by molar-refractivity contribution is 6.31. The summed E-state index contributed by atoms with van der Waals surface area (Å²) in [7, 11) is 0. The molecule has 20 heavy (non-hydrogen) atoms. The number of imidazole rings is 1. The van der Waals surface area contributed by atoms with Crippen LogP contribution in [0.5, 0.6) is 0 Å². The molecule has 2 aromatic rings. The van der Waals surface area contributed by atoms with E-state index in [1.165, 1.54) is 5.69 Å². The summed E-state index contributed by atoms with van der Waals surface area (Å²) in [6.07, 6.45) is 3.79. The summed E-state index contributed by atoms with van der Waals surface area (Å²) < 4.78 is 2.18. The van der Waals surface area contributed by atoms with Gasteiger partial charge in [-0.3, -0.25) is 0 Å². The van der Waals surface area contributed by atoms with Crippen LogP contribution in [0.1, 0.15) is 38.1 Å². The van der Waals surface area contributed by atoms with Crippen LogP contribution in [0.25, 0.3) is 0 Å². The summed E-state index contributed by atoms with van der Waals surface area (Å²) in [5.74, 6) is 0.646. The fraction of sp³-hybridized carbons (Fsp3) is 0.438. The van der Waals surface area contributed by atoms with E-state index in [4.69, 9.17) is 11.6 Å². The zero-order valence-electron chi connectivity index (χ0n) is 12.3. The van der Waals surface area contributed by atoms with E-state index in [1.54, 1.807) is 0 Å². The monoisotopic (exact) mass is 291 g/mol. The van der Waals surface area contributed by atoms with E-state index >= 15 is 0 Å².